The van der Waals surface area contributed by atoms with E-state index in [0.717, 1.165) is 52.3 Å². The number of benzene rings is 2. The fourth-order valence-corrected chi connectivity index (χ4v) is 4.32. The van der Waals surface area contributed by atoms with Crippen LogP contribution in [0.3, 0.4) is 0 Å². The summed E-state index contributed by atoms with van der Waals surface area (Å²) in [5.41, 5.74) is 6.26. The molecule has 4 heteroatoms. The molecule has 1 aliphatic heterocycles. The number of ketones is 1. The van der Waals surface area contributed by atoms with Crippen LogP contribution in [0.25, 0.3) is 11.1 Å². The van der Waals surface area contributed by atoms with Crippen LogP contribution in [0.1, 0.15) is 36.6 Å². The van der Waals surface area contributed by atoms with Gasteiger partial charge in [0.1, 0.15) is 11.9 Å². The summed E-state index contributed by atoms with van der Waals surface area (Å²) >= 11 is 0. The summed E-state index contributed by atoms with van der Waals surface area (Å²) in [5, 5.41) is 8.45. The Balaban J connectivity index is 1.76. The van der Waals surface area contributed by atoms with Gasteiger partial charge in [-0.05, 0) is 30.9 Å². The van der Waals surface area contributed by atoms with Crippen molar-refractivity contribution >= 4 is 11.6 Å². The number of aromatic nitrogens is 2. The monoisotopic (exact) mass is 355 g/mol. The molecule has 134 valence electrons. The molecule has 1 aliphatic carbocycles. The number of anilines is 1. The van der Waals surface area contributed by atoms with E-state index >= 15 is 0 Å². The third kappa shape index (κ3) is 2.52. The molecule has 0 saturated carbocycles. The number of nitrogens with one attached hydrogen (secondary N) is 1. The van der Waals surface area contributed by atoms with Crippen molar-refractivity contribution in [2.24, 2.45) is 0 Å². The van der Waals surface area contributed by atoms with E-state index in [-0.39, 0.29) is 11.8 Å². The van der Waals surface area contributed by atoms with Crippen LogP contribution >= 0.6 is 0 Å². The van der Waals surface area contributed by atoms with E-state index in [9.17, 15) is 4.79 Å². The molecule has 2 heterocycles. The topological polar surface area (TPSA) is 46.9 Å². The Kier molecular flexibility index (Phi) is 3.71. The molecule has 1 atom stereocenters. The molecule has 2 aliphatic rings. The standard InChI is InChI=1S/C23H21N3O/c1-15-20(16-9-4-2-5-10-16)23-24-18-13-8-14-19(27)21(18)22(26(23)25-15)17-11-6-3-7-12-17/h2-7,9-12,22,24H,8,13-14H2,1H3/t22-/m0/s1. The third-order valence-corrected chi connectivity index (χ3v) is 5.51. The van der Waals surface area contributed by atoms with E-state index in [1.807, 2.05) is 48.0 Å². The fourth-order valence-electron chi connectivity index (χ4n) is 4.32. The Morgan fingerprint density at radius 2 is 1.70 bits per heavy atom. The van der Waals surface area contributed by atoms with E-state index in [1.165, 1.54) is 0 Å². The first kappa shape index (κ1) is 16.1. The number of allylic oxidation sites excluding steroid dienone is 2. The average Bonchev–Trinajstić information content (AvgIpc) is 3.03. The van der Waals surface area contributed by atoms with Crippen molar-refractivity contribution in [3.8, 4) is 11.1 Å². The molecule has 0 fully saturated rings. The minimum absolute atomic E-state index is 0.165. The number of hydrogen-bond acceptors (Lipinski definition) is 3. The zero-order valence-corrected chi connectivity index (χ0v) is 15.3. The van der Waals surface area contributed by atoms with Gasteiger partial charge in [0.25, 0.3) is 0 Å². The highest BCUT2D eigenvalue weighted by Crippen LogP contribution is 2.44. The molecule has 5 rings (SSSR count). The highest BCUT2D eigenvalue weighted by atomic mass is 16.1. The first-order chi connectivity index (χ1) is 13.2. The molecular weight excluding hydrogens is 334 g/mol. The second-order valence-electron chi connectivity index (χ2n) is 7.23. The first-order valence-electron chi connectivity index (χ1n) is 9.47. The minimum Gasteiger partial charge on any atom is -0.343 e. The van der Waals surface area contributed by atoms with Crippen LogP contribution in [-0.4, -0.2) is 15.6 Å². The summed E-state index contributed by atoms with van der Waals surface area (Å²) < 4.78 is 2.01. The predicted molar refractivity (Wildman–Crippen MR) is 106 cm³/mol. The Bertz CT molecular complexity index is 1050. The molecule has 0 spiro atoms. The molecule has 0 amide bonds. The lowest BCUT2D eigenvalue weighted by molar-refractivity contribution is -0.116. The van der Waals surface area contributed by atoms with Crippen LogP contribution < -0.4 is 5.32 Å². The molecule has 27 heavy (non-hydrogen) atoms. The summed E-state index contributed by atoms with van der Waals surface area (Å²) in [6, 6.07) is 20.4. The van der Waals surface area contributed by atoms with Gasteiger partial charge in [-0.3, -0.25) is 4.79 Å². The van der Waals surface area contributed by atoms with Gasteiger partial charge in [-0.15, -0.1) is 0 Å². The van der Waals surface area contributed by atoms with Gasteiger partial charge >= 0.3 is 0 Å². The van der Waals surface area contributed by atoms with E-state index < -0.39 is 0 Å². The maximum absolute atomic E-state index is 12.8. The van der Waals surface area contributed by atoms with Crippen molar-refractivity contribution in [3.63, 3.8) is 0 Å². The number of fused-ring (bicyclic) bond motifs is 1. The third-order valence-electron chi connectivity index (χ3n) is 5.51. The summed E-state index contributed by atoms with van der Waals surface area (Å²) in [6.45, 7) is 2.04. The Morgan fingerprint density at radius 3 is 2.44 bits per heavy atom. The van der Waals surface area contributed by atoms with E-state index in [1.54, 1.807) is 0 Å². The second-order valence-corrected chi connectivity index (χ2v) is 7.23. The summed E-state index contributed by atoms with van der Waals surface area (Å²) in [5.74, 6) is 1.22. The Morgan fingerprint density at radius 1 is 1.00 bits per heavy atom. The van der Waals surface area contributed by atoms with Crippen molar-refractivity contribution in [2.75, 3.05) is 5.32 Å². The molecule has 1 aromatic heterocycles. The van der Waals surface area contributed by atoms with Gasteiger partial charge in [-0.25, -0.2) is 4.68 Å². The molecule has 0 saturated heterocycles. The van der Waals surface area contributed by atoms with Crippen LogP contribution in [0.5, 0.6) is 0 Å². The first-order valence-corrected chi connectivity index (χ1v) is 9.47. The summed E-state index contributed by atoms with van der Waals surface area (Å²) in [7, 11) is 0. The van der Waals surface area contributed by atoms with Gasteiger partial charge in [0.2, 0.25) is 0 Å². The van der Waals surface area contributed by atoms with Crippen molar-refractivity contribution in [3.05, 3.63) is 83.2 Å². The zero-order valence-electron chi connectivity index (χ0n) is 15.3. The summed E-state index contributed by atoms with van der Waals surface area (Å²) in [6.07, 6.45) is 2.42. The Labute approximate surface area is 158 Å². The van der Waals surface area contributed by atoms with Crippen LogP contribution in [0, 0.1) is 6.92 Å². The van der Waals surface area contributed by atoms with Crippen molar-refractivity contribution in [1.29, 1.82) is 0 Å². The number of aryl methyl sites for hydroxylation is 1. The van der Waals surface area contributed by atoms with Crippen LogP contribution in [-0.2, 0) is 4.79 Å². The quantitative estimate of drug-likeness (QED) is 0.713. The Hall–Kier alpha value is -3.14. The van der Waals surface area contributed by atoms with Gasteiger partial charge in [-0.2, -0.15) is 5.10 Å². The largest absolute Gasteiger partial charge is 0.343 e. The number of Topliss-reactive ketones (excluding diaryl/α,β-unsaturated/α-hetero) is 1. The van der Waals surface area contributed by atoms with Gasteiger partial charge in [0, 0.05) is 23.3 Å². The molecule has 3 aromatic rings. The van der Waals surface area contributed by atoms with Crippen LogP contribution in [0.15, 0.2) is 71.9 Å². The van der Waals surface area contributed by atoms with E-state index in [4.69, 9.17) is 5.10 Å². The molecule has 2 aromatic carbocycles. The predicted octanol–water partition coefficient (Wildman–Crippen LogP) is 4.88. The maximum atomic E-state index is 12.8. The lowest BCUT2D eigenvalue weighted by Gasteiger charge is -2.33. The number of carbonyl (C=O) groups excluding carboxylic acids is 1. The minimum atomic E-state index is -0.165. The average molecular weight is 355 g/mol. The highest BCUT2D eigenvalue weighted by molar-refractivity contribution is 6.00. The van der Waals surface area contributed by atoms with Crippen LogP contribution in [0.4, 0.5) is 5.82 Å². The smallest absolute Gasteiger partial charge is 0.163 e. The SMILES string of the molecule is Cc1nn2c(c1-c1ccccc1)NC1=C(C(=O)CCC1)[C@@H]2c1ccccc1. The molecular formula is C23H21N3O. The summed E-state index contributed by atoms with van der Waals surface area (Å²) in [4.78, 5) is 12.8. The lowest BCUT2D eigenvalue weighted by atomic mass is 9.85. The van der Waals surface area contributed by atoms with Crippen molar-refractivity contribution < 1.29 is 4.79 Å². The van der Waals surface area contributed by atoms with E-state index in [0.29, 0.717) is 6.42 Å². The fraction of sp³-hybridized carbons (Fsp3) is 0.217. The van der Waals surface area contributed by atoms with Gasteiger partial charge in [0.05, 0.1) is 5.69 Å². The van der Waals surface area contributed by atoms with Crippen molar-refractivity contribution in [1.82, 2.24) is 9.78 Å². The highest BCUT2D eigenvalue weighted by Gasteiger charge is 2.37. The molecule has 0 bridgehead atoms. The number of rotatable bonds is 2. The van der Waals surface area contributed by atoms with Gasteiger partial charge in [-0.1, -0.05) is 60.7 Å². The van der Waals surface area contributed by atoms with Gasteiger partial charge < -0.3 is 5.32 Å². The van der Waals surface area contributed by atoms with Crippen LogP contribution in [0.2, 0.25) is 0 Å². The maximum Gasteiger partial charge on any atom is 0.163 e. The van der Waals surface area contributed by atoms with Gasteiger partial charge in [0.15, 0.2) is 5.78 Å². The molecule has 0 radical (unpaired) electrons. The number of hydrogen-bond donors (Lipinski definition) is 1. The molecule has 4 nitrogen and oxygen atoms in total. The lowest BCUT2D eigenvalue weighted by Crippen LogP contribution is -2.31. The molecule has 1 N–H and O–H groups in total. The normalized spacial score (nSPS) is 18.7. The number of nitrogens with zero attached hydrogens (tertiary/aromatic N) is 2. The number of carbonyl (C=O) groups is 1. The van der Waals surface area contributed by atoms with E-state index in [2.05, 4.69) is 29.6 Å². The van der Waals surface area contributed by atoms with Crippen molar-refractivity contribution in [2.45, 2.75) is 32.2 Å². The second kappa shape index (κ2) is 6.23. The molecule has 0 unspecified atom stereocenters. The zero-order chi connectivity index (χ0) is 18.4.